The van der Waals surface area contributed by atoms with Crippen LogP contribution in [0.3, 0.4) is 0 Å². The summed E-state index contributed by atoms with van der Waals surface area (Å²) < 4.78 is 6.15. The van der Waals surface area contributed by atoms with E-state index in [2.05, 4.69) is 38.0 Å². The molecule has 0 radical (unpaired) electrons. The van der Waals surface area contributed by atoms with Gasteiger partial charge >= 0.3 is 0 Å². The van der Waals surface area contributed by atoms with Crippen LogP contribution >= 0.6 is 27.3 Å². The molecule has 0 bridgehead atoms. The lowest BCUT2D eigenvalue weighted by Gasteiger charge is -2.05. The molecule has 0 aromatic carbocycles. The van der Waals surface area contributed by atoms with Crippen LogP contribution in [-0.2, 0) is 11.3 Å². The van der Waals surface area contributed by atoms with Crippen LogP contribution in [0.1, 0.15) is 12.0 Å². The second-order valence-electron chi connectivity index (χ2n) is 3.53. The largest absolute Gasteiger partial charge is 0.383 e. The van der Waals surface area contributed by atoms with E-state index in [1.54, 1.807) is 18.4 Å². The van der Waals surface area contributed by atoms with Crippen LogP contribution in [0.4, 0.5) is 0 Å². The zero-order valence-corrected chi connectivity index (χ0v) is 12.0. The van der Waals surface area contributed by atoms with Crippen LogP contribution < -0.4 is 10.6 Å². The number of thiophene rings is 1. The molecule has 0 saturated heterocycles. The van der Waals surface area contributed by atoms with Gasteiger partial charge in [0.1, 0.15) is 0 Å². The molecule has 0 spiro atoms. The Kier molecular flexibility index (Phi) is 8.06. The number of rotatable bonds is 9. The first kappa shape index (κ1) is 14.1. The molecule has 0 unspecified atom stereocenters. The minimum atomic E-state index is 0.788. The Morgan fingerprint density at radius 1 is 1.31 bits per heavy atom. The first-order valence-corrected chi connectivity index (χ1v) is 7.13. The van der Waals surface area contributed by atoms with Crippen LogP contribution in [0, 0.1) is 0 Å². The van der Waals surface area contributed by atoms with Crippen molar-refractivity contribution in [3.8, 4) is 0 Å². The average Bonchev–Trinajstić information content (AvgIpc) is 2.68. The molecule has 5 heteroatoms. The molecule has 0 aliphatic heterocycles. The summed E-state index contributed by atoms with van der Waals surface area (Å²) in [5.74, 6) is 0. The highest BCUT2D eigenvalue weighted by molar-refractivity contribution is 9.11. The lowest BCUT2D eigenvalue weighted by Crippen LogP contribution is -2.24. The normalized spacial score (nSPS) is 10.9. The zero-order chi connectivity index (χ0) is 11.6. The second kappa shape index (κ2) is 9.13. The number of methoxy groups -OCH3 is 1. The molecule has 0 saturated carbocycles. The number of halogens is 1. The summed E-state index contributed by atoms with van der Waals surface area (Å²) in [4.78, 5) is 0. The summed E-state index contributed by atoms with van der Waals surface area (Å²) in [6, 6.07) is 2.16. The van der Waals surface area contributed by atoms with E-state index in [0.717, 1.165) is 39.2 Å². The monoisotopic (exact) mass is 306 g/mol. The highest BCUT2D eigenvalue weighted by atomic mass is 79.9. The van der Waals surface area contributed by atoms with Gasteiger partial charge in [-0.05, 0) is 52.5 Å². The standard InChI is InChI=1S/C11H19BrN2OS/c1-15-6-5-13-3-2-4-14-8-10-7-11(12)16-9-10/h7,9,13-14H,2-6,8H2,1H3. The first-order valence-electron chi connectivity index (χ1n) is 5.46. The van der Waals surface area contributed by atoms with Crippen molar-refractivity contribution in [2.75, 3.05) is 33.4 Å². The van der Waals surface area contributed by atoms with Gasteiger partial charge in [0.05, 0.1) is 10.4 Å². The van der Waals surface area contributed by atoms with Crippen molar-refractivity contribution in [3.63, 3.8) is 0 Å². The van der Waals surface area contributed by atoms with Gasteiger partial charge < -0.3 is 15.4 Å². The molecule has 0 aliphatic carbocycles. The van der Waals surface area contributed by atoms with Crippen molar-refractivity contribution >= 4 is 27.3 Å². The van der Waals surface area contributed by atoms with Crippen LogP contribution in [0.5, 0.6) is 0 Å². The maximum atomic E-state index is 4.95. The Morgan fingerprint density at radius 2 is 2.12 bits per heavy atom. The number of nitrogens with one attached hydrogen (secondary N) is 2. The number of ether oxygens (including phenoxy) is 1. The SMILES string of the molecule is COCCNCCCNCc1csc(Br)c1. The van der Waals surface area contributed by atoms with Crippen molar-refractivity contribution in [3.05, 3.63) is 20.8 Å². The van der Waals surface area contributed by atoms with E-state index >= 15 is 0 Å². The van der Waals surface area contributed by atoms with Crippen molar-refractivity contribution in [1.29, 1.82) is 0 Å². The molecule has 1 aromatic rings. The van der Waals surface area contributed by atoms with Gasteiger partial charge in [-0.25, -0.2) is 0 Å². The number of hydrogen-bond donors (Lipinski definition) is 2. The fraction of sp³-hybridized carbons (Fsp3) is 0.636. The maximum Gasteiger partial charge on any atom is 0.0701 e. The Hall–Kier alpha value is 0.0600. The van der Waals surface area contributed by atoms with Gasteiger partial charge in [-0.3, -0.25) is 0 Å². The molecule has 0 aliphatic rings. The third kappa shape index (κ3) is 6.60. The van der Waals surface area contributed by atoms with Crippen molar-refractivity contribution < 1.29 is 4.74 Å². The quantitative estimate of drug-likeness (QED) is 0.686. The van der Waals surface area contributed by atoms with Gasteiger partial charge in [0.25, 0.3) is 0 Å². The zero-order valence-electron chi connectivity index (χ0n) is 9.59. The Balaban J connectivity index is 1.88. The van der Waals surface area contributed by atoms with Crippen LogP contribution in [-0.4, -0.2) is 33.4 Å². The molecule has 0 fully saturated rings. The fourth-order valence-corrected chi connectivity index (χ4v) is 2.52. The average molecular weight is 307 g/mol. The van der Waals surface area contributed by atoms with Gasteiger partial charge in [0, 0.05) is 20.2 Å². The van der Waals surface area contributed by atoms with Gasteiger partial charge in [0.15, 0.2) is 0 Å². The molecule has 3 nitrogen and oxygen atoms in total. The van der Waals surface area contributed by atoms with E-state index in [1.165, 1.54) is 9.35 Å². The maximum absolute atomic E-state index is 4.95. The van der Waals surface area contributed by atoms with E-state index in [4.69, 9.17) is 4.74 Å². The van der Waals surface area contributed by atoms with Gasteiger partial charge in [0.2, 0.25) is 0 Å². The van der Waals surface area contributed by atoms with E-state index < -0.39 is 0 Å². The van der Waals surface area contributed by atoms with Gasteiger partial charge in [-0.15, -0.1) is 11.3 Å². The highest BCUT2D eigenvalue weighted by Crippen LogP contribution is 2.20. The lowest BCUT2D eigenvalue weighted by atomic mass is 10.3. The second-order valence-corrected chi connectivity index (χ2v) is 5.82. The first-order chi connectivity index (χ1) is 7.83. The van der Waals surface area contributed by atoms with E-state index in [1.807, 2.05) is 0 Å². The Bertz CT molecular complexity index is 281. The molecular weight excluding hydrogens is 288 g/mol. The summed E-state index contributed by atoms with van der Waals surface area (Å²) >= 11 is 5.19. The molecule has 0 atom stereocenters. The predicted octanol–water partition coefficient (Wildman–Crippen LogP) is 2.23. The fourth-order valence-electron chi connectivity index (χ4n) is 1.31. The van der Waals surface area contributed by atoms with Gasteiger partial charge in [-0.2, -0.15) is 0 Å². The molecule has 2 N–H and O–H groups in total. The van der Waals surface area contributed by atoms with Crippen molar-refractivity contribution in [2.45, 2.75) is 13.0 Å². The van der Waals surface area contributed by atoms with E-state index in [9.17, 15) is 0 Å². The Morgan fingerprint density at radius 3 is 2.81 bits per heavy atom. The minimum absolute atomic E-state index is 0.788. The summed E-state index contributed by atoms with van der Waals surface area (Å²) in [5.41, 5.74) is 1.35. The van der Waals surface area contributed by atoms with Gasteiger partial charge in [-0.1, -0.05) is 0 Å². The van der Waals surface area contributed by atoms with Crippen LogP contribution in [0.2, 0.25) is 0 Å². The third-order valence-corrected chi connectivity index (χ3v) is 3.69. The third-order valence-electron chi connectivity index (χ3n) is 2.14. The molecule has 16 heavy (non-hydrogen) atoms. The summed E-state index contributed by atoms with van der Waals surface area (Å²) in [7, 11) is 1.72. The molecule has 1 heterocycles. The summed E-state index contributed by atoms with van der Waals surface area (Å²) in [6.07, 6.45) is 1.15. The lowest BCUT2D eigenvalue weighted by molar-refractivity contribution is 0.199. The summed E-state index contributed by atoms with van der Waals surface area (Å²) in [5, 5.41) is 8.91. The topological polar surface area (TPSA) is 33.3 Å². The molecule has 92 valence electrons. The molecule has 0 amide bonds. The van der Waals surface area contributed by atoms with Crippen LogP contribution in [0.15, 0.2) is 15.2 Å². The van der Waals surface area contributed by atoms with Crippen LogP contribution in [0.25, 0.3) is 0 Å². The molecule has 1 rings (SSSR count). The van der Waals surface area contributed by atoms with E-state index in [-0.39, 0.29) is 0 Å². The molecule has 1 aromatic heterocycles. The van der Waals surface area contributed by atoms with Crippen molar-refractivity contribution in [1.82, 2.24) is 10.6 Å². The van der Waals surface area contributed by atoms with Crippen molar-refractivity contribution in [2.24, 2.45) is 0 Å². The minimum Gasteiger partial charge on any atom is -0.383 e. The predicted molar refractivity (Wildman–Crippen MR) is 73.1 cm³/mol. The Labute approximate surface area is 110 Å². The molecular formula is C11H19BrN2OS. The smallest absolute Gasteiger partial charge is 0.0701 e. The summed E-state index contributed by atoms with van der Waals surface area (Å²) in [6.45, 7) is 4.78. The number of hydrogen-bond acceptors (Lipinski definition) is 4. The highest BCUT2D eigenvalue weighted by Gasteiger charge is 1.96. The van der Waals surface area contributed by atoms with E-state index in [0.29, 0.717) is 0 Å².